The number of hydrogen-bond acceptors (Lipinski definition) is 5. The molecule has 0 spiro atoms. The normalized spacial score (nSPS) is 10.8. The van der Waals surface area contributed by atoms with Crippen molar-refractivity contribution >= 4 is 11.8 Å². The number of nitrogens with zero attached hydrogens (tertiary/aromatic N) is 4. The van der Waals surface area contributed by atoms with E-state index in [2.05, 4.69) is 22.2 Å². The van der Waals surface area contributed by atoms with Gasteiger partial charge in [0.2, 0.25) is 5.91 Å². The number of carbonyl (C=O) groups is 2. The van der Waals surface area contributed by atoms with Crippen LogP contribution in [0.1, 0.15) is 55.2 Å². The summed E-state index contributed by atoms with van der Waals surface area (Å²) >= 11 is 0. The largest absolute Gasteiger partial charge is 0.355 e. The number of nitrogens with one attached hydrogen (secondary N) is 1. The third kappa shape index (κ3) is 8.89. The van der Waals surface area contributed by atoms with Gasteiger partial charge in [0.1, 0.15) is 5.69 Å². The van der Waals surface area contributed by atoms with Crippen LogP contribution in [0.15, 0.2) is 12.4 Å². The Balaban J connectivity index is 2.58. The molecule has 1 aromatic rings. The maximum atomic E-state index is 12.7. The highest BCUT2D eigenvalue weighted by molar-refractivity contribution is 5.92. The molecule has 0 aliphatic heterocycles. The van der Waals surface area contributed by atoms with Crippen LogP contribution < -0.4 is 5.32 Å². The number of likely N-dealkylation sites (N-methyl/N-ethyl adjacent to an activating group) is 1. The van der Waals surface area contributed by atoms with Crippen molar-refractivity contribution in [2.75, 3.05) is 40.3 Å². The summed E-state index contributed by atoms with van der Waals surface area (Å²) < 4.78 is 0. The van der Waals surface area contributed by atoms with Gasteiger partial charge in [-0.2, -0.15) is 0 Å². The second-order valence-electron chi connectivity index (χ2n) is 6.80. The maximum absolute atomic E-state index is 12.7. The lowest BCUT2D eigenvalue weighted by molar-refractivity contribution is -0.121. The van der Waals surface area contributed by atoms with E-state index in [0.717, 1.165) is 37.9 Å². The van der Waals surface area contributed by atoms with Crippen LogP contribution in [-0.4, -0.2) is 71.9 Å². The van der Waals surface area contributed by atoms with E-state index in [1.807, 2.05) is 25.9 Å². The Morgan fingerprint density at radius 3 is 2.42 bits per heavy atom. The van der Waals surface area contributed by atoms with Crippen molar-refractivity contribution in [1.29, 1.82) is 0 Å². The van der Waals surface area contributed by atoms with Crippen LogP contribution in [0.2, 0.25) is 0 Å². The Morgan fingerprint density at radius 2 is 1.81 bits per heavy atom. The van der Waals surface area contributed by atoms with E-state index < -0.39 is 0 Å². The molecule has 2 amide bonds. The Kier molecular flexibility index (Phi) is 10.5. The predicted molar refractivity (Wildman–Crippen MR) is 103 cm³/mol. The summed E-state index contributed by atoms with van der Waals surface area (Å²) in [7, 11) is 3.93. The van der Waals surface area contributed by atoms with Crippen LogP contribution in [0, 0.1) is 6.92 Å². The number of hydrogen-bond donors (Lipinski definition) is 1. The van der Waals surface area contributed by atoms with E-state index in [9.17, 15) is 9.59 Å². The minimum absolute atomic E-state index is 0.0341. The summed E-state index contributed by atoms with van der Waals surface area (Å²) in [5.74, 6) is -0.191. The van der Waals surface area contributed by atoms with E-state index in [1.165, 1.54) is 6.20 Å². The zero-order valence-corrected chi connectivity index (χ0v) is 16.6. The lowest BCUT2D eigenvalue weighted by atomic mass is 10.2. The topological polar surface area (TPSA) is 78.4 Å². The van der Waals surface area contributed by atoms with Gasteiger partial charge in [0.15, 0.2) is 0 Å². The van der Waals surface area contributed by atoms with E-state index in [1.54, 1.807) is 11.1 Å². The third-order valence-electron chi connectivity index (χ3n) is 4.06. The fraction of sp³-hybridized carbons (Fsp3) is 0.684. The van der Waals surface area contributed by atoms with Gasteiger partial charge in [-0.25, -0.2) is 4.98 Å². The molecule has 0 radical (unpaired) electrons. The summed E-state index contributed by atoms with van der Waals surface area (Å²) in [5.41, 5.74) is 1.11. The van der Waals surface area contributed by atoms with Gasteiger partial charge in [0, 0.05) is 38.8 Å². The Morgan fingerprint density at radius 1 is 1.04 bits per heavy atom. The third-order valence-corrected chi connectivity index (χ3v) is 4.06. The van der Waals surface area contributed by atoms with Crippen molar-refractivity contribution in [2.45, 2.75) is 46.0 Å². The van der Waals surface area contributed by atoms with Crippen LogP contribution in [-0.2, 0) is 4.79 Å². The molecular weight excluding hydrogens is 330 g/mol. The minimum Gasteiger partial charge on any atom is -0.355 e. The molecule has 0 unspecified atom stereocenters. The van der Waals surface area contributed by atoms with Gasteiger partial charge in [0.25, 0.3) is 5.91 Å². The first kappa shape index (κ1) is 22.0. The Labute approximate surface area is 157 Å². The summed E-state index contributed by atoms with van der Waals surface area (Å²) in [5, 5.41) is 2.89. The first-order chi connectivity index (χ1) is 12.4. The number of unbranched alkanes of at least 4 members (excludes halogenated alkanes) is 3. The van der Waals surface area contributed by atoms with E-state index in [0.29, 0.717) is 31.7 Å². The molecule has 1 aromatic heterocycles. The van der Waals surface area contributed by atoms with Crippen LogP contribution in [0.25, 0.3) is 0 Å². The van der Waals surface area contributed by atoms with Crippen molar-refractivity contribution < 1.29 is 9.59 Å². The number of aryl methyl sites for hydroxylation is 1. The molecule has 0 aromatic carbocycles. The summed E-state index contributed by atoms with van der Waals surface area (Å²) in [6, 6.07) is 0. The zero-order chi connectivity index (χ0) is 19.4. The quantitative estimate of drug-likeness (QED) is 0.574. The van der Waals surface area contributed by atoms with Gasteiger partial charge < -0.3 is 15.1 Å². The lowest BCUT2D eigenvalue weighted by Gasteiger charge is -2.22. The number of carbonyl (C=O) groups excluding carboxylic acids is 2. The van der Waals surface area contributed by atoms with Crippen LogP contribution in [0.5, 0.6) is 0 Å². The highest BCUT2D eigenvalue weighted by Crippen LogP contribution is 2.07. The molecule has 0 fully saturated rings. The smallest absolute Gasteiger partial charge is 0.274 e. The molecule has 7 nitrogen and oxygen atoms in total. The molecule has 7 heteroatoms. The molecule has 1 N–H and O–H groups in total. The van der Waals surface area contributed by atoms with Gasteiger partial charge in [-0.3, -0.25) is 14.6 Å². The van der Waals surface area contributed by atoms with Crippen molar-refractivity contribution in [1.82, 2.24) is 25.1 Å². The number of rotatable bonds is 12. The van der Waals surface area contributed by atoms with Crippen LogP contribution in [0.3, 0.4) is 0 Å². The Bertz CT molecular complexity index is 545. The van der Waals surface area contributed by atoms with E-state index >= 15 is 0 Å². The van der Waals surface area contributed by atoms with Gasteiger partial charge >= 0.3 is 0 Å². The second-order valence-corrected chi connectivity index (χ2v) is 6.80. The predicted octanol–water partition coefficient (Wildman–Crippen LogP) is 1.88. The molecule has 1 rings (SSSR count). The van der Waals surface area contributed by atoms with Crippen molar-refractivity contribution in [3.63, 3.8) is 0 Å². The van der Waals surface area contributed by atoms with Crippen molar-refractivity contribution in [3.05, 3.63) is 23.8 Å². The van der Waals surface area contributed by atoms with Crippen LogP contribution in [0.4, 0.5) is 0 Å². The number of aromatic nitrogens is 2. The summed E-state index contributed by atoms with van der Waals surface area (Å²) in [6.07, 6.45) is 7.70. The first-order valence-corrected chi connectivity index (χ1v) is 9.43. The molecule has 146 valence electrons. The van der Waals surface area contributed by atoms with Gasteiger partial charge in [-0.1, -0.05) is 26.2 Å². The maximum Gasteiger partial charge on any atom is 0.274 e. The highest BCUT2D eigenvalue weighted by atomic mass is 16.2. The van der Waals surface area contributed by atoms with Gasteiger partial charge in [-0.15, -0.1) is 0 Å². The summed E-state index contributed by atoms with van der Waals surface area (Å²) in [6.45, 7) is 6.43. The molecular formula is C19H33N5O2. The lowest BCUT2D eigenvalue weighted by Crippen LogP contribution is -2.37. The average molecular weight is 364 g/mol. The fourth-order valence-corrected chi connectivity index (χ4v) is 2.45. The minimum atomic E-state index is -0.157. The highest BCUT2D eigenvalue weighted by Gasteiger charge is 2.18. The Hall–Kier alpha value is -2.02. The molecule has 0 bridgehead atoms. The van der Waals surface area contributed by atoms with E-state index in [-0.39, 0.29) is 11.8 Å². The molecule has 0 saturated heterocycles. The van der Waals surface area contributed by atoms with E-state index in [4.69, 9.17) is 0 Å². The SMILES string of the molecule is CCCCCCN(CCC(=O)NCCN(C)C)C(=O)c1cnc(C)cn1. The molecule has 0 atom stereocenters. The van der Waals surface area contributed by atoms with Gasteiger partial charge in [0.05, 0.1) is 11.9 Å². The molecule has 0 aliphatic carbocycles. The fourth-order valence-electron chi connectivity index (χ4n) is 2.45. The first-order valence-electron chi connectivity index (χ1n) is 9.43. The molecule has 1 heterocycles. The molecule has 26 heavy (non-hydrogen) atoms. The summed E-state index contributed by atoms with van der Waals surface area (Å²) in [4.78, 5) is 36.8. The van der Waals surface area contributed by atoms with Gasteiger partial charge in [-0.05, 0) is 27.4 Å². The average Bonchev–Trinajstić information content (AvgIpc) is 2.61. The second kappa shape index (κ2) is 12.4. The molecule has 0 saturated carbocycles. The monoisotopic (exact) mass is 363 g/mol. The van der Waals surface area contributed by atoms with Crippen LogP contribution >= 0.6 is 0 Å². The molecule has 0 aliphatic rings. The van der Waals surface area contributed by atoms with Crippen molar-refractivity contribution in [3.8, 4) is 0 Å². The standard InChI is InChI=1S/C19H33N5O2/c1-5-6-7-8-11-24(12-9-18(25)20-10-13-23(3)4)19(26)17-15-21-16(2)14-22-17/h14-15H,5-13H2,1-4H3,(H,20,25). The van der Waals surface area contributed by atoms with Crippen molar-refractivity contribution in [2.24, 2.45) is 0 Å². The number of amides is 2. The zero-order valence-electron chi connectivity index (χ0n) is 16.6.